The average molecular weight is 216 g/mol. The fourth-order valence-corrected chi connectivity index (χ4v) is 0.447. The second kappa shape index (κ2) is 7.06. The van der Waals surface area contributed by atoms with Gasteiger partial charge in [0.25, 0.3) is 0 Å². The first kappa shape index (κ1) is 16.2. The maximum absolute atomic E-state index is 12.3. The molecule has 0 saturated carbocycles. The fraction of sp³-hybridized carbons (Fsp3) is 1.00. The summed E-state index contributed by atoms with van der Waals surface area (Å²) in [6.45, 7) is 7.19. The number of rotatable bonds is 4. The van der Waals surface area contributed by atoms with E-state index in [4.69, 9.17) is 4.74 Å². The van der Waals surface area contributed by atoms with Crippen molar-refractivity contribution < 1.29 is 22.6 Å². The summed E-state index contributed by atoms with van der Waals surface area (Å²) < 4.78 is 44.8. The maximum Gasteiger partial charge on any atom is 0.388 e. The first-order valence-electron chi connectivity index (χ1n) is 4.42. The van der Waals surface area contributed by atoms with E-state index in [1.165, 1.54) is 0 Å². The number of ether oxygens (including phenoxy) is 2. The smallest absolute Gasteiger partial charge is 0.382 e. The van der Waals surface area contributed by atoms with E-state index in [2.05, 4.69) is 4.74 Å². The fourth-order valence-electron chi connectivity index (χ4n) is 0.447. The molecule has 0 saturated heterocycles. The van der Waals surface area contributed by atoms with E-state index in [1.807, 2.05) is 13.8 Å². The lowest BCUT2D eigenvalue weighted by Gasteiger charge is -2.23. The minimum Gasteiger partial charge on any atom is -0.382 e. The van der Waals surface area contributed by atoms with E-state index >= 15 is 0 Å². The van der Waals surface area contributed by atoms with Crippen molar-refractivity contribution in [3.63, 3.8) is 0 Å². The van der Waals surface area contributed by atoms with Gasteiger partial charge in [-0.25, -0.2) is 4.39 Å². The zero-order valence-electron chi connectivity index (χ0n) is 9.36. The quantitative estimate of drug-likeness (QED) is 0.719. The van der Waals surface area contributed by atoms with Gasteiger partial charge in [-0.15, -0.1) is 0 Å². The first-order valence-corrected chi connectivity index (χ1v) is 4.42. The van der Waals surface area contributed by atoms with Crippen LogP contribution < -0.4 is 0 Å². The molecule has 0 fully saturated rings. The summed E-state index contributed by atoms with van der Waals surface area (Å²) in [6.07, 6.45) is -3.69. The lowest BCUT2D eigenvalue weighted by atomic mass is 10.1. The molecule has 0 radical (unpaired) electrons. The van der Waals surface area contributed by atoms with Crippen LogP contribution in [0.2, 0.25) is 0 Å². The summed E-state index contributed by atoms with van der Waals surface area (Å²) >= 11 is 0. The Morgan fingerprint density at radius 3 is 1.36 bits per heavy atom. The van der Waals surface area contributed by atoms with Crippen LogP contribution >= 0.6 is 0 Å². The minimum absolute atomic E-state index is 0.760. The maximum atomic E-state index is 12.3. The lowest BCUT2D eigenvalue weighted by Crippen LogP contribution is -2.40. The van der Waals surface area contributed by atoms with Gasteiger partial charge in [-0.1, -0.05) is 0 Å². The third-order valence-corrected chi connectivity index (χ3v) is 1.36. The topological polar surface area (TPSA) is 18.5 Å². The highest BCUT2D eigenvalue weighted by Crippen LogP contribution is 2.31. The molecule has 88 valence electrons. The molecule has 5 heteroatoms. The van der Waals surface area contributed by atoms with E-state index in [-0.39, 0.29) is 0 Å². The predicted molar refractivity (Wildman–Crippen MR) is 49.3 cm³/mol. The van der Waals surface area contributed by atoms with Crippen LogP contribution in [-0.4, -0.2) is 32.1 Å². The molecule has 0 aliphatic carbocycles. The van der Waals surface area contributed by atoms with Gasteiger partial charge >= 0.3 is 6.11 Å². The number of alkyl halides is 3. The summed E-state index contributed by atoms with van der Waals surface area (Å²) in [4.78, 5) is 0. The normalized spacial score (nSPS) is 12.0. The van der Waals surface area contributed by atoms with Gasteiger partial charge in [0.1, 0.15) is 0 Å². The number of methoxy groups -OCH3 is 1. The second-order valence-electron chi connectivity index (χ2n) is 2.97. The zero-order valence-corrected chi connectivity index (χ0v) is 9.36. The van der Waals surface area contributed by atoms with E-state index in [0.29, 0.717) is 0 Å². The van der Waals surface area contributed by atoms with Crippen LogP contribution in [0.3, 0.4) is 0 Å². The van der Waals surface area contributed by atoms with Crippen LogP contribution in [0.1, 0.15) is 27.7 Å². The molecule has 0 bridgehead atoms. The highest BCUT2D eigenvalue weighted by Gasteiger charge is 2.47. The van der Waals surface area contributed by atoms with Crippen LogP contribution in [0.4, 0.5) is 13.2 Å². The molecule has 0 aliphatic heterocycles. The van der Waals surface area contributed by atoms with Crippen LogP contribution in [0.15, 0.2) is 0 Å². The van der Waals surface area contributed by atoms with Crippen LogP contribution in [0.5, 0.6) is 0 Å². The average Bonchev–Trinajstić information content (AvgIpc) is 2.05. The molecule has 0 aromatic rings. The number of hydrogen-bond donors (Lipinski definition) is 0. The van der Waals surface area contributed by atoms with Crippen molar-refractivity contribution >= 4 is 0 Å². The van der Waals surface area contributed by atoms with Gasteiger partial charge in [-0.05, 0) is 27.7 Å². The van der Waals surface area contributed by atoms with Crippen molar-refractivity contribution in [2.45, 2.75) is 39.5 Å². The largest absolute Gasteiger partial charge is 0.388 e. The van der Waals surface area contributed by atoms with Crippen molar-refractivity contribution in [2.75, 3.05) is 20.3 Å². The SMILES string of the molecule is CCOCC.COC(F)(F)C(C)(C)F. The van der Waals surface area contributed by atoms with Gasteiger partial charge in [0.05, 0.1) is 0 Å². The summed E-state index contributed by atoms with van der Waals surface area (Å²) in [6, 6.07) is 0. The van der Waals surface area contributed by atoms with Crippen molar-refractivity contribution in [3.8, 4) is 0 Å². The monoisotopic (exact) mass is 216 g/mol. The Labute approximate surface area is 83.4 Å². The van der Waals surface area contributed by atoms with Crippen molar-refractivity contribution in [1.29, 1.82) is 0 Å². The number of halogens is 3. The second-order valence-corrected chi connectivity index (χ2v) is 2.97. The van der Waals surface area contributed by atoms with E-state index in [0.717, 1.165) is 34.2 Å². The Morgan fingerprint density at radius 1 is 1.00 bits per heavy atom. The molecule has 0 N–H and O–H groups in total. The summed E-state index contributed by atoms with van der Waals surface area (Å²) in [5.74, 6) is 0. The Hall–Kier alpha value is -0.290. The van der Waals surface area contributed by atoms with Crippen LogP contribution in [0, 0.1) is 0 Å². The molecule has 0 aromatic heterocycles. The Kier molecular flexibility index (Phi) is 8.15. The molecular formula is C9H19F3O2. The first-order chi connectivity index (χ1) is 6.22. The molecule has 0 heterocycles. The van der Waals surface area contributed by atoms with E-state index < -0.39 is 11.8 Å². The Morgan fingerprint density at radius 2 is 1.36 bits per heavy atom. The molecule has 0 aliphatic rings. The van der Waals surface area contributed by atoms with E-state index in [1.54, 1.807) is 0 Å². The predicted octanol–water partition coefficient (Wildman–Crippen LogP) is 3.02. The van der Waals surface area contributed by atoms with Crippen molar-refractivity contribution in [3.05, 3.63) is 0 Å². The molecule has 0 atom stereocenters. The van der Waals surface area contributed by atoms with Gasteiger partial charge in [0.15, 0.2) is 5.67 Å². The zero-order chi connectivity index (χ0) is 11.8. The molecule has 0 spiro atoms. The standard InChI is InChI=1S/C5H9F3O.C4H10O/c1-4(2,6)5(7,8)9-3;1-3-5-4-2/h1-3H3;3-4H2,1-2H3. The molecule has 14 heavy (non-hydrogen) atoms. The van der Waals surface area contributed by atoms with Gasteiger partial charge in [-0.3, -0.25) is 0 Å². The molecular weight excluding hydrogens is 197 g/mol. The molecule has 0 rings (SSSR count). The summed E-state index contributed by atoms with van der Waals surface area (Å²) in [5, 5.41) is 0. The third-order valence-electron chi connectivity index (χ3n) is 1.36. The summed E-state index contributed by atoms with van der Waals surface area (Å²) in [7, 11) is 0.765. The minimum atomic E-state index is -3.69. The van der Waals surface area contributed by atoms with Crippen LogP contribution in [-0.2, 0) is 9.47 Å². The lowest BCUT2D eigenvalue weighted by molar-refractivity contribution is -0.287. The van der Waals surface area contributed by atoms with Gasteiger partial charge in [-0.2, -0.15) is 8.78 Å². The van der Waals surface area contributed by atoms with Crippen LogP contribution in [0.25, 0.3) is 0 Å². The third kappa shape index (κ3) is 7.15. The molecule has 0 aromatic carbocycles. The Balaban J connectivity index is 0. The molecule has 0 unspecified atom stereocenters. The number of hydrogen-bond acceptors (Lipinski definition) is 2. The highest BCUT2D eigenvalue weighted by molar-refractivity contribution is 4.76. The molecule has 0 amide bonds. The highest BCUT2D eigenvalue weighted by atomic mass is 19.3. The van der Waals surface area contributed by atoms with Gasteiger partial charge in [0, 0.05) is 20.3 Å². The van der Waals surface area contributed by atoms with Crippen molar-refractivity contribution in [2.24, 2.45) is 0 Å². The summed E-state index contributed by atoms with van der Waals surface area (Å²) in [5.41, 5.74) is -2.61. The van der Waals surface area contributed by atoms with Gasteiger partial charge in [0.2, 0.25) is 0 Å². The van der Waals surface area contributed by atoms with Crippen molar-refractivity contribution in [1.82, 2.24) is 0 Å². The van der Waals surface area contributed by atoms with Gasteiger partial charge < -0.3 is 9.47 Å². The van der Waals surface area contributed by atoms with E-state index in [9.17, 15) is 13.2 Å². The Bertz CT molecular complexity index is 131. The molecule has 2 nitrogen and oxygen atoms in total.